The second-order valence-corrected chi connectivity index (χ2v) is 14.0. The molecular formula is C36H36F2N6O. The summed E-state index contributed by atoms with van der Waals surface area (Å²) in [5, 5.41) is 15.7. The van der Waals surface area contributed by atoms with Gasteiger partial charge in [-0.15, -0.1) is 6.42 Å². The molecule has 6 heterocycles. The van der Waals surface area contributed by atoms with Crippen molar-refractivity contribution in [1.82, 2.24) is 25.2 Å². The van der Waals surface area contributed by atoms with Crippen molar-refractivity contribution in [3.8, 4) is 29.4 Å². The van der Waals surface area contributed by atoms with Crippen LogP contribution in [0.4, 0.5) is 14.6 Å². The molecule has 4 saturated heterocycles. The molecule has 4 aliphatic heterocycles. The van der Waals surface area contributed by atoms with E-state index < -0.39 is 11.6 Å². The number of anilines is 1. The predicted octanol–water partition coefficient (Wildman–Crippen LogP) is 5.87. The molecule has 0 amide bonds. The zero-order chi connectivity index (χ0) is 30.4. The average Bonchev–Trinajstić information content (AvgIpc) is 3.30. The number of nitrogens with zero attached hydrogens (tertiary/aromatic N) is 5. The van der Waals surface area contributed by atoms with Gasteiger partial charge in [-0.25, -0.2) is 18.7 Å². The van der Waals surface area contributed by atoms with Crippen LogP contribution in [0.15, 0.2) is 30.5 Å². The summed E-state index contributed by atoms with van der Waals surface area (Å²) in [7, 11) is 0. The van der Waals surface area contributed by atoms with Gasteiger partial charge in [0.2, 0.25) is 0 Å². The monoisotopic (exact) mass is 606 g/mol. The Morgan fingerprint density at radius 1 is 1.07 bits per heavy atom. The van der Waals surface area contributed by atoms with Crippen LogP contribution in [-0.4, -0.2) is 68.8 Å². The first kappa shape index (κ1) is 27.4. The first-order valence-corrected chi connectivity index (χ1v) is 16.5. The molecule has 4 unspecified atom stereocenters. The summed E-state index contributed by atoms with van der Waals surface area (Å²) in [6, 6.07) is 6.47. The number of piperazine rings is 1. The molecular weight excluding hydrogens is 570 g/mol. The first-order chi connectivity index (χ1) is 21.9. The number of terminal acetylenes is 1. The van der Waals surface area contributed by atoms with Crippen LogP contribution in [0, 0.1) is 29.9 Å². The zero-order valence-electron chi connectivity index (χ0n) is 25.2. The highest BCUT2D eigenvalue weighted by Crippen LogP contribution is 2.55. The fraction of sp³-hybridized carbons (Fsp3) is 0.472. The fourth-order valence-corrected chi connectivity index (χ4v) is 9.21. The van der Waals surface area contributed by atoms with Crippen LogP contribution >= 0.6 is 0 Å². The highest BCUT2D eigenvalue weighted by atomic mass is 19.1. The molecule has 7 nitrogen and oxygen atoms in total. The molecule has 9 heteroatoms. The SMILES string of the molecule is C#Cc1c(F)ccc2cc(O)cc(-c3ncc4c(N5CC6CCC(C5)N6)nc(C5CC5CC56CCCN5CCC6)nc4c3F)c12. The first-order valence-electron chi connectivity index (χ1n) is 16.5. The van der Waals surface area contributed by atoms with E-state index in [1.54, 1.807) is 6.20 Å². The quantitative estimate of drug-likeness (QED) is 0.275. The molecule has 5 fully saturated rings. The van der Waals surface area contributed by atoms with Crippen LogP contribution in [0.25, 0.3) is 32.9 Å². The molecule has 2 aromatic carbocycles. The van der Waals surface area contributed by atoms with Crippen molar-refractivity contribution in [2.45, 2.75) is 74.9 Å². The zero-order valence-corrected chi connectivity index (χ0v) is 25.2. The number of aromatic nitrogens is 3. The molecule has 1 aliphatic carbocycles. The number of phenols is 1. The van der Waals surface area contributed by atoms with Crippen LogP contribution in [-0.2, 0) is 0 Å². The van der Waals surface area contributed by atoms with E-state index in [1.807, 2.05) is 0 Å². The maximum atomic E-state index is 16.9. The second kappa shape index (κ2) is 10.1. The third kappa shape index (κ3) is 4.33. The number of fused-ring (bicyclic) bond motifs is 5. The fourth-order valence-electron chi connectivity index (χ4n) is 9.21. The maximum Gasteiger partial charge on any atom is 0.175 e. The lowest BCUT2D eigenvalue weighted by molar-refractivity contribution is 0.173. The number of hydrogen-bond acceptors (Lipinski definition) is 7. The molecule has 230 valence electrons. The number of aromatic hydroxyl groups is 1. The van der Waals surface area contributed by atoms with Crippen molar-refractivity contribution < 1.29 is 13.9 Å². The molecule has 2 aromatic heterocycles. The van der Waals surface area contributed by atoms with Gasteiger partial charge in [-0.2, -0.15) is 0 Å². The third-order valence-corrected chi connectivity index (χ3v) is 11.4. The molecule has 2 bridgehead atoms. The molecule has 9 rings (SSSR count). The molecule has 2 N–H and O–H groups in total. The molecule has 0 spiro atoms. The van der Waals surface area contributed by atoms with Crippen molar-refractivity contribution in [2.24, 2.45) is 5.92 Å². The van der Waals surface area contributed by atoms with E-state index in [0.29, 0.717) is 45.5 Å². The highest BCUT2D eigenvalue weighted by molar-refractivity contribution is 6.03. The van der Waals surface area contributed by atoms with Gasteiger partial charge in [-0.3, -0.25) is 9.88 Å². The topological polar surface area (TPSA) is 77.4 Å². The molecule has 4 atom stereocenters. The minimum Gasteiger partial charge on any atom is -0.508 e. The van der Waals surface area contributed by atoms with Crippen LogP contribution < -0.4 is 10.2 Å². The van der Waals surface area contributed by atoms with Crippen LogP contribution in [0.2, 0.25) is 0 Å². The van der Waals surface area contributed by atoms with Gasteiger partial charge < -0.3 is 15.3 Å². The van der Waals surface area contributed by atoms with Gasteiger partial charge in [0.25, 0.3) is 0 Å². The van der Waals surface area contributed by atoms with Crippen molar-refractivity contribution in [2.75, 3.05) is 31.1 Å². The van der Waals surface area contributed by atoms with Crippen LogP contribution in [0.5, 0.6) is 5.75 Å². The van der Waals surface area contributed by atoms with Gasteiger partial charge >= 0.3 is 0 Å². The van der Waals surface area contributed by atoms with Gasteiger partial charge in [0.15, 0.2) is 5.82 Å². The number of hydrogen-bond donors (Lipinski definition) is 2. The van der Waals surface area contributed by atoms with Crippen molar-refractivity contribution >= 4 is 27.5 Å². The van der Waals surface area contributed by atoms with Gasteiger partial charge in [0.1, 0.15) is 34.4 Å². The Balaban J connectivity index is 1.18. The number of phenolic OH excluding ortho intramolecular Hbond substituents is 1. The Morgan fingerprint density at radius 2 is 1.84 bits per heavy atom. The predicted molar refractivity (Wildman–Crippen MR) is 170 cm³/mol. The number of rotatable bonds is 5. The number of benzene rings is 2. The minimum atomic E-state index is -0.608. The standard InChI is InChI=1S/C36H36F2N6O/c1-2-25-29(37)8-5-20-13-24(45)15-27(30(20)25)32-31(38)33-28(17-39-32)35(43-18-22-6-7-23(19-43)40-22)42-34(41-33)26-14-21(26)16-36-9-3-11-44(36)12-4-10-36/h1,5,8,13,15,17,21-23,26,40,45H,3-4,6-7,9-12,14,16,18-19H2. The maximum absolute atomic E-state index is 16.9. The summed E-state index contributed by atoms with van der Waals surface area (Å²) in [6.45, 7) is 4.02. The minimum absolute atomic E-state index is 0.0113. The number of nitrogens with one attached hydrogen (secondary N) is 1. The largest absolute Gasteiger partial charge is 0.508 e. The molecule has 0 radical (unpaired) electrons. The summed E-state index contributed by atoms with van der Waals surface area (Å²) in [6.07, 6.45) is 16.9. The Morgan fingerprint density at radius 3 is 2.60 bits per heavy atom. The smallest absolute Gasteiger partial charge is 0.175 e. The highest BCUT2D eigenvalue weighted by Gasteiger charge is 2.51. The summed E-state index contributed by atoms with van der Waals surface area (Å²) < 4.78 is 31.8. The van der Waals surface area contributed by atoms with Crippen LogP contribution in [0.3, 0.4) is 0 Å². The summed E-state index contributed by atoms with van der Waals surface area (Å²) in [5.41, 5.74) is 0.773. The lowest BCUT2D eigenvalue weighted by Gasteiger charge is -2.34. The van der Waals surface area contributed by atoms with Gasteiger partial charge in [0.05, 0.1) is 10.9 Å². The van der Waals surface area contributed by atoms with Gasteiger partial charge in [-0.1, -0.05) is 12.0 Å². The van der Waals surface area contributed by atoms with E-state index in [9.17, 15) is 9.50 Å². The van der Waals surface area contributed by atoms with E-state index in [0.717, 1.165) is 44.6 Å². The second-order valence-electron chi connectivity index (χ2n) is 14.0. The molecule has 45 heavy (non-hydrogen) atoms. The van der Waals surface area contributed by atoms with E-state index in [1.165, 1.54) is 63.0 Å². The summed E-state index contributed by atoms with van der Waals surface area (Å²) >= 11 is 0. The van der Waals surface area contributed by atoms with Crippen molar-refractivity contribution in [3.05, 3.63) is 53.5 Å². The Labute approximate surface area is 261 Å². The van der Waals surface area contributed by atoms with E-state index in [-0.39, 0.29) is 34.0 Å². The van der Waals surface area contributed by atoms with Gasteiger partial charge in [-0.05, 0) is 94.0 Å². The number of pyridine rings is 1. The number of halogens is 2. The van der Waals surface area contributed by atoms with Crippen molar-refractivity contribution in [3.63, 3.8) is 0 Å². The van der Waals surface area contributed by atoms with E-state index in [2.05, 4.69) is 26.0 Å². The van der Waals surface area contributed by atoms with E-state index in [4.69, 9.17) is 16.4 Å². The van der Waals surface area contributed by atoms with Gasteiger partial charge in [0, 0.05) is 53.8 Å². The molecule has 5 aliphatic rings. The Kier molecular flexibility index (Phi) is 6.14. The van der Waals surface area contributed by atoms with Crippen molar-refractivity contribution in [1.29, 1.82) is 0 Å². The average molecular weight is 607 g/mol. The summed E-state index contributed by atoms with van der Waals surface area (Å²) in [4.78, 5) is 19.7. The lowest BCUT2D eigenvalue weighted by atomic mass is 9.87. The van der Waals surface area contributed by atoms with Crippen LogP contribution in [0.1, 0.15) is 68.7 Å². The van der Waals surface area contributed by atoms with E-state index >= 15 is 4.39 Å². The summed E-state index contributed by atoms with van der Waals surface area (Å²) in [5.74, 6) is 3.30. The Hall–Kier alpha value is -3.87. The third-order valence-electron chi connectivity index (χ3n) is 11.4. The normalized spacial score (nSPS) is 26.9. The Bertz CT molecular complexity index is 1900. The molecule has 1 saturated carbocycles. The lowest BCUT2D eigenvalue weighted by Crippen LogP contribution is -2.51. The molecule has 4 aromatic rings.